The van der Waals surface area contributed by atoms with Gasteiger partial charge in [0.15, 0.2) is 0 Å². The van der Waals surface area contributed by atoms with Crippen molar-refractivity contribution in [3.05, 3.63) is 34.9 Å². The Morgan fingerprint density at radius 1 is 1.50 bits per heavy atom. The van der Waals surface area contributed by atoms with E-state index in [0.717, 1.165) is 21.1 Å². The average Bonchev–Trinajstić information content (AvgIpc) is 2.38. The highest BCUT2D eigenvalue weighted by atomic mass is 79.9. The van der Waals surface area contributed by atoms with E-state index in [-0.39, 0.29) is 12.0 Å². The Bertz CT molecular complexity index is 616. The molecule has 0 aliphatic rings. The molecule has 0 saturated heterocycles. The van der Waals surface area contributed by atoms with Crippen LogP contribution < -0.4 is 5.32 Å². The molecule has 0 radical (unpaired) electrons. The molecule has 0 fully saturated rings. The molecule has 0 amide bonds. The first kappa shape index (κ1) is 14.8. The maximum absolute atomic E-state index is 11.5. The van der Waals surface area contributed by atoms with Gasteiger partial charge in [-0.25, -0.2) is 0 Å². The van der Waals surface area contributed by atoms with Gasteiger partial charge in [0, 0.05) is 22.1 Å². The zero-order valence-corrected chi connectivity index (χ0v) is 13.1. The number of nitrogens with zero attached hydrogens (tertiary/aromatic N) is 1. The molecule has 1 heterocycles. The Kier molecular flexibility index (Phi) is 4.95. The molecule has 0 saturated carbocycles. The van der Waals surface area contributed by atoms with Crippen LogP contribution >= 0.6 is 15.9 Å². The smallest absolute Gasteiger partial charge is 0.307 e. The summed E-state index contributed by atoms with van der Waals surface area (Å²) >= 11 is 3.41. The molecule has 106 valence electrons. The third kappa shape index (κ3) is 3.70. The minimum absolute atomic E-state index is 0.00917. The summed E-state index contributed by atoms with van der Waals surface area (Å²) in [6.45, 7) is 4.17. The van der Waals surface area contributed by atoms with Gasteiger partial charge in [0.25, 0.3) is 0 Å². The summed E-state index contributed by atoms with van der Waals surface area (Å²) < 4.78 is 5.90. The van der Waals surface area contributed by atoms with Gasteiger partial charge in [0.1, 0.15) is 0 Å². The fourth-order valence-corrected chi connectivity index (χ4v) is 2.39. The summed E-state index contributed by atoms with van der Waals surface area (Å²) in [6, 6.07) is 7.95. The first-order chi connectivity index (χ1) is 9.60. The van der Waals surface area contributed by atoms with Crippen molar-refractivity contribution in [2.75, 3.05) is 11.9 Å². The summed E-state index contributed by atoms with van der Waals surface area (Å²) in [5.41, 5.74) is 1.82. The van der Waals surface area contributed by atoms with Gasteiger partial charge in [-0.3, -0.25) is 9.78 Å². The van der Waals surface area contributed by atoms with E-state index in [9.17, 15) is 4.79 Å². The number of fused-ring (bicyclic) bond motifs is 1. The van der Waals surface area contributed by atoms with Crippen molar-refractivity contribution in [1.29, 1.82) is 0 Å². The number of esters is 1. The summed E-state index contributed by atoms with van der Waals surface area (Å²) in [5.74, 6) is -0.191. The number of carbonyl (C=O) groups excluding carboxylic acids is 1. The van der Waals surface area contributed by atoms with Crippen LogP contribution in [0.15, 0.2) is 34.9 Å². The number of aromatic nitrogens is 1. The molecule has 2 rings (SSSR count). The minimum Gasteiger partial charge on any atom is -0.466 e. The van der Waals surface area contributed by atoms with Gasteiger partial charge in [-0.15, -0.1) is 0 Å². The maximum Gasteiger partial charge on any atom is 0.307 e. The Morgan fingerprint density at radius 2 is 2.30 bits per heavy atom. The van der Waals surface area contributed by atoms with E-state index in [1.165, 1.54) is 0 Å². The molecule has 5 heteroatoms. The van der Waals surface area contributed by atoms with Crippen LogP contribution in [-0.4, -0.2) is 23.6 Å². The van der Waals surface area contributed by atoms with Crippen molar-refractivity contribution in [3.63, 3.8) is 0 Å². The Hall–Kier alpha value is -1.62. The molecular formula is C15H17BrN2O2. The number of carbonyl (C=O) groups is 1. The van der Waals surface area contributed by atoms with E-state index in [1.54, 1.807) is 6.20 Å². The highest BCUT2D eigenvalue weighted by molar-refractivity contribution is 9.10. The predicted molar refractivity (Wildman–Crippen MR) is 83.8 cm³/mol. The van der Waals surface area contributed by atoms with Crippen molar-refractivity contribution < 1.29 is 9.53 Å². The highest BCUT2D eigenvalue weighted by Gasteiger charge is 2.11. The van der Waals surface area contributed by atoms with Gasteiger partial charge in [0.2, 0.25) is 0 Å². The van der Waals surface area contributed by atoms with Gasteiger partial charge < -0.3 is 10.1 Å². The zero-order valence-electron chi connectivity index (χ0n) is 11.5. The van der Waals surface area contributed by atoms with Crippen molar-refractivity contribution in [2.24, 2.45) is 0 Å². The van der Waals surface area contributed by atoms with Crippen molar-refractivity contribution >= 4 is 38.5 Å². The van der Waals surface area contributed by atoms with Crippen LogP contribution in [-0.2, 0) is 9.53 Å². The summed E-state index contributed by atoms with van der Waals surface area (Å²) in [4.78, 5) is 15.9. The summed E-state index contributed by atoms with van der Waals surface area (Å²) in [5, 5.41) is 4.36. The number of hydrogen-bond donors (Lipinski definition) is 1. The molecule has 1 unspecified atom stereocenters. The molecule has 0 aliphatic carbocycles. The quantitative estimate of drug-likeness (QED) is 0.845. The zero-order chi connectivity index (χ0) is 14.5. The number of nitrogens with one attached hydrogen (secondary N) is 1. The molecule has 0 bridgehead atoms. The fraction of sp³-hybridized carbons (Fsp3) is 0.333. The second-order valence-corrected chi connectivity index (χ2v) is 5.50. The number of para-hydroxylation sites is 1. The van der Waals surface area contributed by atoms with Crippen molar-refractivity contribution in [1.82, 2.24) is 4.98 Å². The number of hydrogen-bond acceptors (Lipinski definition) is 4. The molecule has 1 N–H and O–H groups in total. The number of pyridine rings is 1. The first-order valence-electron chi connectivity index (χ1n) is 6.56. The number of ether oxygens (including phenoxy) is 1. The lowest BCUT2D eigenvalue weighted by Gasteiger charge is -2.15. The number of rotatable bonds is 5. The lowest BCUT2D eigenvalue weighted by Crippen LogP contribution is -2.21. The molecule has 0 aliphatic heterocycles. The molecule has 4 nitrogen and oxygen atoms in total. The molecular weight excluding hydrogens is 320 g/mol. The summed E-state index contributed by atoms with van der Waals surface area (Å²) in [6.07, 6.45) is 2.10. The molecule has 20 heavy (non-hydrogen) atoms. The van der Waals surface area contributed by atoms with Crippen LogP contribution in [0.5, 0.6) is 0 Å². The van der Waals surface area contributed by atoms with Gasteiger partial charge in [0.05, 0.1) is 24.2 Å². The van der Waals surface area contributed by atoms with E-state index >= 15 is 0 Å². The molecule has 1 aromatic carbocycles. The van der Waals surface area contributed by atoms with E-state index < -0.39 is 0 Å². The maximum atomic E-state index is 11.5. The standard InChI is InChI=1S/C15H17BrN2O2/c1-3-20-14(19)7-10(2)18-13-6-4-5-11-8-12(16)9-17-15(11)13/h4-6,8-10,18H,3,7H2,1-2H3. The number of benzene rings is 1. The van der Waals surface area contributed by atoms with E-state index in [0.29, 0.717) is 13.0 Å². The van der Waals surface area contributed by atoms with Crippen LogP contribution in [0, 0.1) is 0 Å². The minimum atomic E-state index is -0.191. The third-order valence-corrected chi connectivity index (χ3v) is 3.29. The second kappa shape index (κ2) is 6.70. The molecule has 2 aromatic rings. The van der Waals surface area contributed by atoms with Crippen LogP contribution in [0.2, 0.25) is 0 Å². The van der Waals surface area contributed by atoms with Gasteiger partial charge in [-0.2, -0.15) is 0 Å². The molecule has 0 spiro atoms. The molecule has 1 aromatic heterocycles. The lowest BCUT2D eigenvalue weighted by molar-refractivity contribution is -0.143. The van der Waals surface area contributed by atoms with Crippen LogP contribution in [0.25, 0.3) is 10.9 Å². The summed E-state index contributed by atoms with van der Waals surface area (Å²) in [7, 11) is 0. The van der Waals surface area contributed by atoms with Crippen LogP contribution in [0.4, 0.5) is 5.69 Å². The third-order valence-electron chi connectivity index (χ3n) is 2.86. The second-order valence-electron chi connectivity index (χ2n) is 4.59. The Morgan fingerprint density at radius 3 is 3.05 bits per heavy atom. The van der Waals surface area contributed by atoms with Crippen molar-refractivity contribution in [2.45, 2.75) is 26.3 Å². The van der Waals surface area contributed by atoms with Crippen LogP contribution in [0.1, 0.15) is 20.3 Å². The van der Waals surface area contributed by atoms with Gasteiger partial charge >= 0.3 is 5.97 Å². The normalized spacial score (nSPS) is 12.2. The highest BCUT2D eigenvalue weighted by Crippen LogP contribution is 2.24. The Balaban J connectivity index is 2.15. The van der Waals surface area contributed by atoms with Gasteiger partial charge in [-0.05, 0) is 41.9 Å². The van der Waals surface area contributed by atoms with E-state index in [1.807, 2.05) is 38.1 Å². The Labute approximate surface area is 126 Å². The predicted octanol–water partition coefficient (Wildman–Crippen LogP) is 3.75. The van der Waals surface area contributed by atoms with Gasteiger partial charge in [-0.1, -0.05) is 12.1 Å². The molecule has 1 atom stereocenters. The van der Waals surface area contributed by atoms with E-state index in [2.05, 4.69) is 26.2 Å². The first-order valence-corrected chi connectivity index (χ1v) is 7.36. The van der Waals surface area contributed by atoms with Crippen molar-refractivity contribution in [3.8, 4) is 0 Å². The lowest BCUT2D eigenvalue weighted by atomic mass is 10.1. The number of halogens is 1. The van der Waals surface area contributed by atoms with E-state index in [4.69, 9.17) is 4.74 Å². The topological polar surface area (TPSA) is 51.2 Å². The van der Waals surface area contributed by atoms with Crippen LogP contribution in [0.3, 0.4) is 0 Å². The largest absolute Gasteiger partial charge is 0.466 e. The monoisotopic (exact) mass is 336 g/mol. The average molecular weight is 337 g/mol. The number of anilines is 1. The fourth-order valence-electron chi connectivity index (χ4n) is 2.04. The SMILES string of the molecule is CCOC(=O)CC(C)Nc1cccc2cc(Br)cnc12.